The number of aromatic nitrogens is 2. The van der Waals surface area contributed by atoms with Gasteiger partial charge in [0, 0.05) is 38.6 Å². The maximum atomic E-state index is 5.68. The van der Waals surface area contributed by atoms with Gasteiger partial charge in [-0.2, -0.15) is 0 Å². The summed E-state index contributed by atoms with van der Waals surface area (Å²) in [4.78, 5) is 12.4. The molecule has 1 heterocycles. The third-order valence-corrected chi connectivity index (χ3v) is 2.72. The molecule has 0 atom stereocenters. The van der Waals surface area contributed by atoms with Crippen LogP contribution in [0.5, 0.6) is 0 Å². The van der Waals surface area contributed by atoms with Crippen molar-refractivity contribution in [2.24, 2.45) is 0 Å². The Morgan fingerprint density at radius 1 is 0.944 bits per heavy atom. The predicted molar refractivity (Wildman–Crippen MR) is 75.3 cm³/mol. The van der Waals surface area contributed by atoms with Gasteiger partial charge in [-0.05, 0) is 24.3 Å². The lowest BCUT2D eigenvalue weighted by Crippen LogP contribution is -2.15. The predicted octanol–water partition coefficient (Wildman–Crippen LogP) is 1.89. The second kappa shape index (κ2) is 4.91. The summed E-state index contributed by atoms with van der Waals surface area (Å²) in [6, 6.07) is 9.62. The van der Waals surface area contributed by atoms with Crippen LogP contribution in [0.25, 0.3) is 0 Å². The Morgan fingerprint density at radius 3 is 2.17 bits per heavy atom. The first-order valence-corrected chi connectivity index (χ1v) is 5.66. The Kier molecular flexibility index (Phi) is 3.32. The molecule has 0 radical (unpaired) electrons. The van der Waals surface area contributed by atoms with Crippen molar-refractivity contribution in [2.75, 3.05) is 36.7 Å². The van der Waals surface area contributed by atoms with Crippen molar-refractivity contribution in [3.63, 3.8) is 0 Å². The SMILES string of the molecule is CN(C)c1cc(N(C)c2ccc(N)cc2)ncn1. The van der Waals surface area contributed by atoms with Gasteiger partial charge in [-0.15, -0.1) is 0 Å². The molecule has 1 aromatic carbocycles. The number of anilines is 4. The molecule has 0 unspecified atom stereocenters. The van der Waals surface area contributed by atoms with E-state index in [4.69, 9.17) is 5.73 Å². The minimum absolute atomic E-state index is 0.754. The maximum absolute atomic E-state index is 5.68. The monoisotopic (exact) mass is 243 g/mol. The summed E-state index contributed by atoms with van der Waals surface area (Å²) < 4.78 is 0. The first kappa shape index (κ1) is 12.2. The molecule has 1 aromatic heterocycles. The lowest BCUT2D eigenvalue weighted by Gasteiger charge is -2.20. The molecule has 0 saturated heterocycles. The van der Waals surface area contributed by atoms with Gasteiger partial charge >= 0.3 is 0 Å². The van der Waals surface area contributed by atoms with Gasteiger partial charge in [0.05, 0.1) is 0 Å². The Hall–Kier alpha value is -2.30. The van der Waals surface area contributed by atoms with E-state index < -0.39 is 0 Å². The van der Waals surface area contributed by atoms with E-state index in [1.165, 1.54) is 0 Å². The van der Waals surface area contributed by atoms with Crippen molar-refractivity contribution in [3.05, 3.63) is 36.7 Å². The summed E-state index contributed by atoms with van der Waals surface area (Å²) in [5.74, 6) is 1.72. The lowest BCUT2D eigenvalue weighted by atomic mass is 10.2. The highest BCUT2D eigenvalue weighted by Crippen LogP contribution is 2.23. The van der Waals surface area contributed by atoms with Crippen LogP contribution in [-0.4, -0.2) is 31.1 Å². The standard InChI is InChI=1S/C13H17N5/c1-17(2)12-8-13(16-9-15-12)18(3)11-6-4-10(14)5-7-11/h4-9H,14H2,1-3H3. The summed E-state index contributed by atoms with van der Waals surface area (Å²) >= 11 is 0. The second-order valence-electron chi connectivity index (χ2n) is 4.28. The number of nitrogens with zero attached hydrogens (tertiary/aromatic N) is 4. The zero-order valence-electron chi connectivity index (χ0n) is 10.8. The molecule has 94 valence electrons. The third-order valence-electron chi connectivity index (χ3n) is 2.72. The van der Waals surface area contributed by atoms with Gasteiger partial charge < -0.3 is 15.5 Å². The van der Waals surface area contributed by atoms with Crippen molar-refractivity contribution in [3.8, 4) is 0 Å². The summed E-state index contributed by atoms with van der Waals surface area (Å²) in [5.41, 5.74) is 7.47. The molecular weight excluding hydrogens is 226 g/mol. The van der Waals surface area contributed by atoms with E-state index in [0.717, 1.165) is 23.0 Å². The fraction of sp³-hybridized carbons (Fsp3) is 0.231. The molecule has 0 spiro atoms. The van der Waals surface area contributed by atoms with Crippen LogP contribution < -0.4 is 15.5 Å². The molecule has 5 nitrogen and oxygen atoms in total. The van der Waals surface area contributed by atoms with E-state index >= 15 is 0 Å². The first-order valence-electron chi connectivity index (χ1n) is 5.66. The van der Waals surface area contributed by atoms with Crippen LogP contribution in [-0.2, 0) is 0 Å². The molecule has 0 saturated carbocycles. The topological polar surface area (TPSA) is 58.3 Å². The minimum Gasteiger partial charge on any atom is -0.399 e. The van der Waals surface area contributed by atoms with Crippen LogP contribution in [0.3, 0.4) is 0 Å². The number of nitrogens with two attached hydrogens (primary N) is 1. The molecule has 0 aliphatic carbocycles. The average Bonchev–Trinajstić information content (AvgIpc) is 2.39. The molecule has 0 fully saturated rings. The van der Waals surface area contributed by atoms with Crippen LogP contribution in [0.1, 0.15) is 0 Å². The van der Waals surface area contributed by atoms with Gasteiger partial charge in [-0.1, -0.05) is 0 Å². The fourth-order valence-electron chi connectivity index (χ4n) is 1.60. The quantitative estimate of drug-likeness (QED) is 0.834. The summed E-state index contributed by atoms with van der Waals surface area (Å²) in [6.07, 6.45) is 1.57. The number of hydrogen-bond acceptors (Lipinski definition) is 5. The highest BCUT2D eigenvalue weighted by Gasteiger charge is 2.07. The Labute approximate surface area is 107 Å². The Balaban J connectivity index is 2.30. The first-order chi connectivity index (χ1) is 8.58. The molecule has 18 heavy (non-hydrogen) atoms. The van der Waals surface area contributed by atoms with E-state index in [9.17, 15) is 0 Å². The van der Waals surface area contributed by atoms with Crippen LogP contribution >= 0.6 is 0 Å². The smallest absolute Gasteiger partial charge is 0.138 e. The maximum Gasteiger partial charge on any atom is 0.138 e. The third kappa shape index (κ3) is 2.51. The number of benzene rings is 1. The lowest BCUT2D eigenvalue weighted by molar-refractivity contribution is 1.02. The average molecular weight is 243 g/mol. The van der Waals surface area contributed by atoms with E-state index in [-0.39, 0.29) is 0 Å². The molecule has 0 bridgehead atoms. The van der Waals surface area contributed by atoms with Gasteiger partial charge in [0.25, 0.3) is 0 Å². The minimum atomic E-state index is 0.754. The zero-order chi connectivity index (χ0) is 13.1. The fourth-order valence-corrected chi connectivity index (χ4v) is 1.60. The summed E-state index contributed by atoms with van der Waals surface area (Å²) in [7, 11) is 5.87. The second-order valence-corrected chi connectivity index (χ2v) is 4.28. The molecule has 0 aliphatic heterocycles. The Bertz CT molecular complexity index is 521. The zero-order valence-corrected chi connectivity index (χ0v) is 10.8. The number of rotatable bonds is 3. The highest BCUT2D eigenvalue weighted by atomic mass is 15.2. The van der Waals surface area contributed by atoms with E-state index in [2.05, 4.69) is 9.97 Å². The molecule has 2 aromatic rings. The van der Waals surface area contributed by atoms with Crippen LogP contribution in [0.4, 0.5) is 23.0 Å². The number of nitrogen functional groups attached to an aromatic ring is 1. The largest absolute Gasteiger partial charge is 0.399 e. The summed E-state index contributed by atoms with van der Waals surface area (Å²) in [6.45, 7) is 0. The highest BCUT2D eigenvalue weighted by molar-refractivity contribution is 5.63. The van der Waals surface area contributed by atoms with Gasteiger partial charge in [-0.3, -0.25) is 0 Å². The molecule has 5 heteroatoms. The van der Waals surface area contributed by atoms with Gasteiger partial charge in [0.15, 0.2) is 0 Å². The van der Waals surface area contributed by atoms with Crippen molar-refractivity contribution in [2.45, 2.75) is 0 Å². The van der Waals surface area contributed by atoms with Gasteiger partial charge in [-0.25, -0.2) is 9.97 Å². The van der Waals surface area contributed by atoms with E-state index in [0.29, 0.717) is 0 Å². The van der Waals surface area contributed by atoms with Crippen molar-refractivity contribution in [1.82, 2.24) is 9.97 Å². The Morgan fingerprint density at radius 2 is 1.56 bits per heavy atom. The molecule has 2 N–H and O–H groups in total. The van der Waals surface area contributed by atoms with Crippen molar-refractivity contribution in [1.29, 1.82) is 0 Å². The molecule has 0 aliphatic rings. The normalized spacial score (nSPS) is 10.2. The van der Waals surface area contributed by atoms with Crippen LogP contribution in [0.15, 0.2) is 36.7 Å². The number of hydrogen-bond donors (Lipinski definition) is 1. The molecule has 0 amide bonds. The molecular formula is C13H17N5. The van der Waals surface area contributed by atoms with Gasteiger partial charge in [0.2, 0.25) is 0 Å². The van der Waals surface area contributed by atoms with Crippen molar-refractivity contribution < 1.29 is 0 Å². The van der Waals surface area contributed by atoms with Crippen LogP contribution in [0.2, 0.25) is 0 Å². The van der Waals surface area contributed by atoms with Crippen LogP contribution in [0, 0.1) is 0 Å². The van der Waals surface area contributed by atoms with Crippen molar-refractivity contribution >= 4 is 23.0 Å². The summed E-state index contributed by atoms with van der Waals surface area (Å²) in [5, 5.41) is 0. The van der Waals surface area contributed by atoms with E-state index in [1.54, 1.807) is 6.33 Å². The van der Waals surface area contributed by atoms with E-state index in [1.807, 2.05) is 61.3 Å². The van der Waals surface area contributed by atoms with Gasteiger partial charge in [0.1, 0.15) is 18.0 Å². The molecule has 2 rings (SSSR count).